The van der Waals surface area contributed by atoms with Crippen LogP contribution in [0.1, 0.15) is 45.1 Å². The molecular formula is C20H32N4O2. The summed E-state index contributed by atoms with van der Waals surface area (Å²) in [4.78, 5) is 19.0. The van der Waals surface area contributed by atoms with Crippen LogP contribution in [0.5, 0.6) is 5.75 Å². The first-order chi connectivity index (χ1) is 12.6. The Labute approximate surface area is 157 Å². The van der Waals surface area contributed by atoms with Crippen LogP contribution < -0.4 is 15.4 Å². The Kier molecular flexibility index (Phi) is 8.25. The fourth-order valence-electron chi connectivity index (χ4n) is 3.14. The Balaban J connectivity index is 1.81. The zero-order chi connectivity index (χ0) is 18.8. The molecule has 1 aromatic carbocycles. The normalized spacial score (nSPS) is 17.7. The van der Waals surface area contributed by atoms with Gasteiger partial charge in [0.25, 0.3) is 0 Å². The van der Waals surface area contributed by atoms with E-state index in [-0.39, 0.29) is 5.91 Å². The molecule has 1 amide bonds. The van der Waals surface area contributed by atoms with Crippen molar-refractivity contribution in [1.82, 2.24) is 15.5 Å². The zero-order valence-corrected chi connectivity index (χ0v) is 16.3. The monoisotopic (exact) mass is 360 g/mol. The second-order valence-electron chi connectivity index (χ2n) is 6.65. The van der Waals surface area contributed by atoms with Crippen LogP contribution in [0.25, 0.3) is 0 Å². The van der Waals surface area contributed by atoms with Gasteiger partial charge in [0.05, 0.1) is 13.7 Å². The third kappa shape index (κ3) is 6.24. The first-order valence-electron chi connectivity index (χ1n) is 9.58. The van der Waals surface area contributed by atoms with Gasteiger partial charge < -0.3 is 20.3 Å². The van der Waals surface area contributed by atoms with Crippen LogP contribution >= 0.6 is 0 Å². The summed E-state index contributed by atoms with van der Waals surface area (Å²) in [6.45, 7) is 7.03. The van der Waals surface area contributed by atoms with Gasteiger partial charge in [-0.1, -0.05) is 12.1 Å². The van der Waals surface area contributed by atoms with Gasteiger partial charge in [0.15, 0.2) is 5.96 Å². The van der Waals surface area contributed by atoms with Crippen LogP contribution in [0.3, 0.4) is 0 Å². The number of guanidine groups is 1. The molecule has 1 saturated heterocycles. The fraction of sp³-hybridized carbons (Fsp3) is 0.600. The van der Waals surface area contributed by atoms with E-state index in [1.165, 1.54) is 6.42 Å². The molecule has 2 rings (SSSR count). The van der Waals surface area contributed by atoms with Crippen LogP contribution in [0.2, 0.25) is 0 Å². The lowest BCUT2D eigenvalue weighted by molar-refractivity contribution is -0.134. The Morgan fingerprint density at radius 3 is 2.69 bits per heavy atom. The first kappa shape index (κ1) is 20.1. The Morgan fingerprint density at radius 1 is 1.27 bits per heavy atom. The van der Waals surface area contributed by atoms with Crippen molar-refractivity contribution in [3.05, 3.63) is 29.8 Å². The Hall–Kier alpha value is -2.24. The third-order valence-electron chi connectivity index (χ3n) is 4.68. The molecule has 6 nitrogen and oxygen atoms in total. The predicted octanol–water partition coefficient (Wildman–Crippen LogP) is 2.54. The van der Waals surface area contributed by atoms with Gasteiger partial charge in [-0.3, -0.25) is 4.79 Å². The quantitative estimate of drug-likeness (QED) is 0.579. The van der Waals surface area contributed by atoms with Crippen LogP contribution in [0.4, 0.5) is 0 Å². The molecule has 1 aliphatic heterocycles. The summed E-state index contributed by atoms with van der Waals surface area (Å²) in [6, 6.07) is 8.25. The highest BCUT2D eigenvalue weighted by Crippen LogP contribution is 2.17. The lowest BCUT2D eigenvalue weighted by Crippen LogP contribution is -2.44. The molecule has 0 aromatic heterocycles. The molecule has 0 aliphatic carbocycles. The number of methoxy groups -OCH3 is 1. The number of carbonyl (C=O) groups is 1. The lowest BCUT2D eigenvalue weighted by Gasteiger charge is -2.33. The average molecular weight is 361 g/mol. The zero-order valence-electron chi connectivity index (χ0n) is 16.3. The summed E-state index contributed by atoms with van der Waals surface area (Å²) in [5.41, 5.74) is 1.11. The van der Waals surface area contributed by atoms with E-state index < -0.39 is 0 Å². The van der Waals surface area contributed by atoms with E-state index in [2.05, 4.69) is 22.5 Å². The van der Waals surface area contributed by atoms with Crippen LogP contribution in [-0.2, 0) is 11.3 Å². The highest BCUT2D eigenvalue weighted by atomic mass is 16.5. The number of hydrogen-bond donors (Lipinski definition) is 2. The van der Waals surface area contributed by atoms with E-state index in [4.69, 9.17) is 4.74 Å². The Bertz CT molecular complexity index is 586. The maximum absolute atomic E-state index is 12.4. The fourth-order valence-corrected chi connectivity index (χ4v) is 3.14. The number of rotatable bonds is 7. The third-order valence-corrected chi connectivity index (χ3v) is 4.68. The van der Waals surface area contributed by atoms with E-state index in [1.807, 2.05) is 36.1 Å². The molecule has 0 spiro atoms. The van der Waals surface area contributed by atoms with Crippen molar-refractivity contribution in [2.45, 2.75) is 52.1 Å². The molecule has 1 heterocycles. The first-order valence-corrected chi connectivity index (χ1v) is 9.58. The molecule has 26 heavy (non-hydrogen) atoms. The van der Waals surface area contributed by atoms with E-state index in [0.29, 0.717) is 25.6 Å². The highest BCUT2D eigenvalue weighted by molar-refractivity contribution is 5.81. The molecule has 1 atom stereocenters. The van der Waals surface area contributed by atoms with Crippen LogP contribution in [0.15, 0.2) is 29.3 Å². The number of nitrogens with zero attached hydrogens (tertiary/aromatic N) is 2. The van der Waals surface area contributed by atoms with Gasteiger partial charge in [0.2, 0.25) is 5.91 Å². The van der Waals surface area contributed by atoms with Crippen LogP contribution in [0, 0.1) is 0 Å². The molecule has 0 saturated carbocycles. The largest absolute Gasteiger partial charge is 0.497 e. The van der Waals surface area contributed by atoms with Gasteiger partial charge in [0, 0.05) is 32.1 Å². The molecule has 1 unspecified atom stereocenters. The highest BCUT2D eigenvalue weighted by Gasteiger charge is 2.22. The molecule has 0 radical (unpaired) electrons. The maximum atomic E-state index is 12.4. The molecule has 1 aromatic rings. The molecule has 1 fully saturated rings. The predicted molar refractivity (Wildman–Crippen MR) is 105 cm³/mol. The van der Waals surface area contributed by atoms with E-state index in [9.17, 15) is 4.79 Å². The van der Waals surface area contributed by atoms with Gasteiger partial charge in [0.1, 0.15) is 5.75 Å². The number of aliphatic imine (C=N–C) groups is 1. The minimum atomic E-state index is 0.232. The number of benzene rings is 1. The number of likely N-dealkylation sites (tertiary alicyclic amines) is 1. The molecular weight excluding hydrogens is 328 g/mol. The smallest absolute Gasteiger partial charge is 0.224 e. The standard InChI is InChI=1S/C20H32N4O2/c1-4-21-20(23-15-17-8-10-18(26-3)11-9-17)22-13-12-19(25)24-14-6-5-7-16(24)2/h8-11,16H,4-7,12-15H2,1-3H3,(H2,21,22,23). The van der Waals surface area contributed by atoms with Crippen molar-refractivity contribution < 1.29 is 9.53 Å². The number of piperidine rings is 1. The molecule has 1 aliphatic rings. The number of hydrogen-bond acceptors (Lipinski definition) is 3. The molecule has 6 heteroatoms. The van der Waals surface area contributed by atoms with Gasteiger partial charge in [-0.25, -0.2) is 4.99 Å². The molecule has 2 N–H and O–H groups in total. The van der Waals surface area contributed by atoms with Crippen molar-refractivity contribution in [1.29, 1.82) is 0 Å². The van der Waals surface area contributed by atoms with Crippen LogP contribution in [-0.4, -0.2) is 49.6 Å². The van der Waals surface area contributed by atoms with Crippen molar-refractivity contribution >= 4 is 11.9 Å². The summed E-state index contributed by atoms with van der Waals surface area (Å²) >= 11 is 0. The van der Waals surface area contributed by atoms with E-state index in [1.54, 1.807) is 7.11 Å². The lowest BCUT2D eigenvalue weighted by atomic mass is 10.0. The second-order valence-corrected chi connectivity index (χ2v) is 6.65. The summed E-state index contributed by atoms with van der Waals surface area (Å²) < 4.78 is 5.17. The SMILES string of the molecule is CCNC(=NCc1ccc(OC)cc1)NCCC(=O)N1CCCCC1C. The van der Waals surface area contributed by atoms with Gasteiger partial charge in [-0.15, -0.1) is 0 Å². The van der Waals surface area contributed by atoms with Crippen molar-refractivity contribution in [3.63, 3.8) is 0 Å². The van der Waals surface area contributed by atoms with Gasteiger partial charge >= 0.3 is 0 Å². The number of carbonyl (C=O) groups excluding carboxylic acids is 1. The second kappa shape index (κ2) is 10.7. The van der Waals surface area contributed by atoms with Gasteiger partial charge in [-0.2, -0.15) is 0 Å². The van der Waals surface area contributed by atoms with E-state index in [0.717, 1.165) is 43.2 Å². The number of amides is 1. The summed E-state index contributed by atoms with van der Waals surface area (Å²) in [5.74, 6) is 1.81. The molecule has 144 valence electrons. The summed E-state index contributed by atoms with van der Waals surface area (Å²) in [7, 11) is 1.66. The minimum Gasteiger partial charge on any atom is -0.497 e. The van der Waals surface area contributed by atoms with Crippen molar-refractivity contribution in [3.8, 4) is 5.75 Å². The minimum absolute atomic E-state index is 0.232. The van der Waals surface area contributed by atoms with Gasteiger partial charge in [-0.05, 0) is 50.8 Å². The Morgan fingerprint density at radius 2 is 2.04 bits per heavy atom. The summed E-state index contributed by atoms with van der Waals surface area (Å²) in [6.07, 6.45) is 3.96. The maximum Gasteiger partial charge on any atom is 0.224 e. The molecule has 0 bridgehead atoms. The van der Waals surface area contributed by atoms with E-state index >= 15 is 0 Å². The average Bonchev–Trinajstić information content (AvgIpc) is 2.66. The van der Waals surface area contributed by atoms with Crippen molar-refractivity contribution in [2.75, 3.05) is 26.7 Å². The summed E-state index contributed by atoms with van der Waals surface area (Å²) in [5, 5.41) is 6.49. The number of nitrogens with one attached hydrogen (secondary N) is 2. The van der Waals surface area contributed by atoms with Crippen molar-refractivity contribution in [2.24, 2.45) is 4.99 Å². The topological polar surface area (TPSA) is 66.0 Å². The number of ether oxygens (including phenoxy) is 1.